The van der Waals surface area contributed by atoms with Gasteiger partial charge in [-0.3, -0.25) is 20.4 Å². The first-order valence-electron chi connectivity index (χ1n) is 8.92. The fourth-order valence-electron chi connectivity index (χ4n) is 2.54. The van der Waals surface area contributed by atoms with Crippen LogP contribution in [0.3, 0.4) is 0 Å². The number of carbonyl (C=O) groups excluding carboxylic acids is 2. The van der Waals surface area contributed by atoms with E-state index in [9.17, 15) is 9.59 Å². The molecule has 0 radical (unpaired) electrons. The molecule has 0 saturated carbocycles. The van der Waals surface area contributed by atoms with Gasteiger partial charge < -0.3 is 9.47 Å². The van der Waals surface area contributed by atoms with Gasteiger partial charge in [0.25, 0.3) is 11.8 Å². The highest BCUT2D eigenvalue weighted by Gasteiger charge is 2.15. The van der Waals surface area contributed by atoms with E-state index in [1.54, 1.807) is 37.3 Å². The molecule has 29 heavy (non-hydrogen) atoms. The number of benzene rings is 3. The van der Waals surface area contributed by atoms with Crippen molar-refractivity contribution in [3.8, 4) is 17.6 Å². The van der Waals surface area contributed by atoms with Crippen molar-refractivity contribution >= 4 is 22.6 Å². The zero-order valence-corrected chi connectivity index (χ0v) is 15.7. The number of nitriles is 1. The van der Waals surface area contributed by atoms with Crippen LogP contribution in [0.4, 0.5) is 0 Å². The molecule has 2 N–H and O–H groups in total. The van der Waals surface area contributed by atoms with E-state index in [0.29, 0.717) is 17.1 Å². The number of hydrogen-bond acceptors (Lipinski definition) is 5. The molecule has 3 aromatic carbocycles. The highest BCUT2D eigenvalue weighted by atomic mass is 16.5. The smallest absolute Gasteiger partial charge is 0.279 e. The van der Waals surface area contributed by atoms with Crippen molar-refractivity contribution in [2.45, 2.75) is 13.0 Å². The van der Waals surface area contributed by atoms with Gasteiger partial charge >= 0.3 is 0 Å². The van der Waals surface area contributed by atoms with E-state index in [4.69, 9.17) is 14.7 Å². The number of fused-ring (bicyclic) bond motifs is 1. The van der Waals surface area contributed by atoms with E-state index in [1.807, 2.05) is 42.5 Å². The Kier molecular flexibility index (Phi) is 6.28. The molecule has 7 heteroatoms. The third-order valence-electron chi connectivity index (χ3n) is 4.08. The molecule has 0 fully saturated rings. The number of hydrogen-bond donors (Lipinski definition) is 2. The van der Waals surface area contributed by atoms with E-state index < -0.39 is 17.9 Å². The van der Waals surface area contributed by atoms with Crippen LogP contribution in [0.5, 0.6) is 11.5 Å². The normalized spacial score (nSPS) is 11.2. The first-order valence-corrected chi connectivity index (χ1v) is 8.92. The molecule has 0 aliphatic rings. The summed E-state index contributed by atoms with van der Waals surface area (Å²) in [7, 11) is 0. The van der Waals surface area contributed by atoms with E-state index in [0.717, 1.165) is 10.8 Å². The maximum atomic E-state index is 12.1. The molecule has 3 aromatic rings. The molecular weight excluding hydrogens is 370 g/mol. The van der Waals surface area contributed by atoms with Crippen LogP contribution in [0.25, 0.3) is 10.8 Å². The fourth-order valence-corrected chi connectivity index (χ4v) is 2.54. The van der Waals surface area contributed by atoms with Crippen LogP contribution in [0, 0.1) is 11.3 Å². The Hall–Kier alpha value is -4.05. The highest BCUT2D eigenvalue weighted by Crippen LogP contribution is 2.21. The lowest BCUT2D eigenvalue weighted by atomic mass is 10.1. The van der Waals surface area contributed by atoms with E-state index in [1.165, 1.54) is 0 Å². The molecule has 0 aliphatic carbocycles. The molecule has 0 bridgehead atoms. The van der Waals surface area contributed by atoms with Gasteiger partial charge in [-0.15, -0.1) is 0 Å². The van der Waals surface area contributed by atoms with Crippen molar-refractivity contribution in [3.05, 3.63) is 72.3 Å². The number of nitrogens with zero attached hydrogens (tertiary/aromatic N) is 1. The van der Waals surface area contributed by atoms with Crippen LogP contribution < -0.4 is 20.3 Å². The standard InChI is InChI=1S/C22H19N3O4/c1-15(29-20-11-8-17-4-2-3-5-18(17)12-20)22(27)25-24-21(26)14-28-19-9-6-16(13-23)7-10-19/h2-12,15H,14H2,1H3,(H,24,26)(H,25,27). The van der Waals surface area contributed by atoms with Gasteiger partial charge in [-0.2, -0.15) is 5.26 Å². The number of hydrazine groups is 1. The van der Waals surface area contributed by atoms with Gasteiger partial charge in [0.1, 0.15) is 11.5 Å². The van der Waals surface area contributed by atoms with Gasteiger partial charge in [0.05, 0.1) is 11.6 Å². The molecule has 0 aliphatic heterocycles. The maximum Gasteiger partial charge on any atom is 0.279 e. The third-order valence-corrected chi connectivity index (χ3v) is 4.08. The summed E-state index contributed by atoms with van der Waals surface area (Å²) in [5.41, 5.74) is 5.08. The average molecular weight is 389 g/mol. The highest BCUT2D eigenvalue weighted by molar-refractivity contribution is 5.86. The van der Waals surface area contributed by atoms with E-state index in [-0.39, 0.29) is 6.61 Å². The Labute approximate surface area is 167 Å². The van der Waals surface area contributed by atoms with Crippen LogP contribution in [-0.2, 0) is 9.59 Å². The predicted octanol–water partition coefficient (Wildman–Crippen LogP) is 2.71. The van der Waals surface area contributed by atoms with Gasteiger partial charge in [-0.25, -0.2) is 0 Å². The van der Waals surface area contributed by atoms with Crippen molar-refractivity contribution in [2.24, 2.45) is 0 Å². The van der Waals surface area contributed by atoms with Crippen LogP contribution in [0.2, 0.25) is 0 Å². The molecule has 0 heterocycles. The topological polar surface area (TPSA) is 100 Å². The summed E-state index contributed by atoms with van der Waals surface area (Å²) in [5, 5.41) is 10.8. The monoisotopic (exact) mass is 389 g/mol. The van der Waals surface area contributed by atoms with Crippen molar-refractivity contribution in [2.75, 3.05) is 6.61 Å². The number of ether oxygens (including phenoxy) is 2. The first-order chi connectivity index (χ1) is 14.0. The fraction of sp³-hybridized carbons (Fsp3) is 0.136. The van der Waals surface area contributed by atoms with Gasteiger partial charge in [0.15, 0.2) is 12.7 Å². The lowest BCUT2D eigenvalue weighted by Crippen LogP contribution is -2.48. The second-order valence-electron chi connectivity index (χ2n) is 6.23. The molecule has 2 amide bonds. The van der Waals surface area contributed by atoms with Gasteiger partial charge in [0.2, 0.25) is 0 Å². The van der Waals surface area contributed by atoms with E-state index >= 15 is 0 Å². The molecular formula is C22H19N3O4. The summed E-state index contributed by atoms with van der Waals surface area (Å²) in [6.45, 7) is 1.30. The zero-order chi connectivity index (χ0) is 20.6. The molecule has 0 saturated heterocycles. The molecule has 1 unspecified atom stereocenters. The zero-order valence-electron chi connectivity index (χ0n) is 15.7. The summed E-state index contributed by atoms with van der Waals surface area (Å²) >= 11 is 0. The summed E-state index contributed by atoms with van der Waals surface area (Å²) in [4.78, 5) is 24.0. The SMILES string of the molecule is CC(Oc1ccc2ccccc2c1)C(=O)NNC(=O)COc1ccc(C#N)cc1. The van der Waals surface area contributed by atoms with Gasteiger partial charge in [-0.1, -0.05) is 30.3 Å². The van der Waals surface area contributed by atoms with Crippen molar-refractivity contribution in [3.63, 3.8) is 0 Å². The van der Waals surface area contributed by atoms with Gasteiger partial charge in [0, 0.05) is 0 Å². The second kappa shape index (κ2) is 9.24. The molecule has 1 atom stereocenters. The number of nitrogens with one attached hydrogen (secondary N) is 2. The Bertz CT molecular complexity index is 1060. The largest absolute Gasteiger partial charge is 0.484 e. The van der Waals surface area contributed by atoms with Crippen molar-refractivity contribution in [1.29, 1.82) is 5.26 Å². The molecule has 0 aromatic heterocycles. The lowest BCUT2D eigenvalue weighted by Gasteiger charge is -2.15. The van der Waals surface area contributed by atoms with Crippen LogP contribution >= 0.6 is 0 Å². The minimum Gasteiger partial charge on any atom is -0.484 e. The lowest BCUT2D eigenvalue weighted by molar-refractivity contribution is -0.133. The third kappa shape index (κ3) is 5.47. The minimum atomic E-state index is -0.809. The van der Waals surface area contributed by atoms with Gasteiger partial charge in [-0.05, 0) is 54.1 Å². The van der Waals surface area contributed by atoms with Crippen LogP contribution in [0.15, 0.2) is 66.7 Å². The molecule has 146 valence electrons. The predicted molar refractivity (Wildman–Crippen MR) is 107 cm³/mol. The summed E-state index contributed by atoms with van der Waals surface area (Å²) in [5.74, 6) is -0.0224. The summed E-state index contributed by atoms with van der Waals surface area (Å²) in [6, 6.07) is 21.7. The second-order valence-corrected chi connectivity index (χ2v) is 6.23. The number of rotatable bonds is 6. The number of amides is 2. The first kappa shape index (κ1) is 19.7. The molecule has 7 nitrogen and oxygen atoms in total. The Balaban J connectivity index is 1.44. The number of carbonyl (C=O) groups is 2. The quantitative estimate of drug-likeness (QED) is 0.632. The molecule has 0 spiro atoms. The van der Waals surface area contributed by atoms with E-state index in [2.05, 4.69) is 10.9 Å². The van der Waals surface area contributed by atoms with Crippen molar-refractivity contribution < 1.29 is 19.1 Å². The Morgan fingerprint density at radius 1 is 0.966 bits per heavy atom. The summed E-state index contributed by atoms with van der Waals surface area (Å²) in [6.07, 6.45) is -0.809. The molecule has 3 rings (SSSR count). The average Bonchev–Trinajstić information content (AvgIpc) is 2.76. The Morgan fingerprint density at radius 2 is 1.66 bits per heavy atom. The minimum absolute atomic E-state index is 0.286. The Morgan fingerprint density at radius 3 is 2.38 bits per heavy atom. The summed E-state index contributed by atoms with van der Waals surface area (Å²) < 4.78 is 10.9. The maximum absolute atomic E-state index is 12.1. The van der Waals surface area contributed by atoms with Crippen LogP contribution in [-0.4, -0.2) is 24.5 Å². The van der Waals surface area contributed by atoms with Crippen LogP contribution in [0.1, 0.15) is 12.5 Å². The van der Waals surface area contributed by atoms with Crippen molar-refractivity contribution in [1.82, 2.24) is 10.9 Å².